The molecule has 0 saturated heterocycles. The topological polar surface area (TPSA) is 56.9 Å². The fourth-order valence-electron chi connectivity index (χ4n) is 4.32. The van der Waals surface area contributed by atoms with Crippen molar-refractivity contribution in [2.75, 3.05) is 0 Å². The standard InChI is InChI=1S/C21H29N3O/c25-21(24-20-13-12-19(20)23-16-7-1-2-8-16)11-5-6-15-14-22-18-10-4-3-9-17(15)18/h3-4,9-10,14,16,19-20,22-23H,1-2,5-8,11-13H2,(H,24,25)/t19-,20+/m0/s1. The summed E-state index contributed by atoms with van der Waals surface area (Å²) in [6.45, 7) is 0. The molecule has 3 N–H and O–H groups in total. The maximum Gasteiger partial charge on any atom is 0.220 e. The normalized spacial score (nSPS) is 23.7. The molecule has 0 radical (unpaired) electrons. The molecule has 2 fully saturated rings. The van der Waals surface area contributed by atoms with Crippen LogP contribution in [-0.2, 0) is 11.2 Å². The predicted octanol–water partition coefficient (Wildman–Crippen LogP) is 3.67. The van der Waals surface area contributed by atoms with Gasteiger partial charge in [0.1, 0.15) is 0 Å². The van der Waals surface area contributed by atoms with Gasteiger partial charge >= 0.3 is 0 Å². The first-order valence-electron chi connectivity index (χ1n) is 9.90. The fraction of sp³-hybridized carbons (Fsp3) is 0.571. The number of hydrogen-bond acceptors (Lipinski definition) is 2. The molecule has 1 aromatic heterocycles. The largest absolute Gasteiger partial charge is 0.361 e. The molecule has 2 atom stereocenters. The first kappa shape index (κ1) is 16.6. The molecule has 4 heteroatoms. The van der Waals surface area contributed by atoms with E-state index in [0.29, 0.717) is 24.5 Å². The average Bonchev–Trinajstić information content (AvgIpc) is 3.27. The summed E-state index contributed by atoms with van der Waals surface area (Å²) in [7, 11) is 0. The number of para-hydroxylation sites is 1. The van der Waals surface area contributed by atoms with Gasteiger partial charge in [0.25, 0.3) is 0 Å². The number of benzene rings is 1. The summed E-state index contributed by atoms with van der Waals surface area (Å²) in [5.41, 5.74) is 2.49. The molecule has 1 aromatic carbocycles. The number of carbonyl (C=O) groups is 1. The van der Waals surface area contributed by atoms with E-state index in [1.54, 1.807) is 0 Å². The maximum absolute atomic E-state index is 12.3. The van der Waals surface area contributed by atoms with E-state index in [0.717, 1.165) is 19.3 Å². The number of hydrogen-bond donors (Lipinski definition) is 3. The van der Waals surface area contributed by atoms with Gasteiger partial charge in [-0.05, 0) is 50.2 Å². The van der Waals surface area contributed by atoms with Gasteiger partial charge < -0.3 is 15.6 Å². The van der Waals surface area contributed by atoms with E-state index in [1.807, 2.05) is 6.07 Å². The van der Waals surface area contributed by atoms with Gasteiger partial charge in [-0.3, -0.25) is 4.79 Å². The lowest BCUT2D eigenvalue weighted by Gasteiger charge is -2.39. The number of carbonyl (C=O) groups excluding carboxylic acids is 1. The molecule has 4 rings (SSSR count). The summed E-state index contributed by atoms with van der Waals surface area (Å²) in [5.74, 6) is 0.211. The van der Waals surface area contributed by atoms with E-state index in [1.165, 1.54) is 48.6 Å². The monoisotopic (exact) mass is 339 g/mol. The molecular weight excluding hydrogens is 310 g/mol. The summed E-state index contributed by atoms with van der Waals surface area (Å²) in [6, 6.07) is 9.90. The lowest BCUT2D eigenvalue weighted by Crippen LogP contribution is -2.58. The quantitative estimate of drug-likeness (QED) is 0.721. The number of aromatic nitrogens is 1. The van der Waals surface area contributed by atoms with Crippen LogP contribution in [0.2, 0.25) is 0 Å². The molecule has 134 valence electrons. The highest BCUT2D eigenvalue weighted by Crippen LogP contribution is 2.25. The van der Waals surface area contributed by atoms with Crippen LogP contribution in [0.25, 0.3) is 10.9 Å². The Hall–Kier alpha value is -1.81. The fourth-order valence-corrected chi connectivity index (χ4v) is 4.32. The third-order valence-electron chi connectivity index (χ3n) is 5.95. The van der Waals surface area contributed by atoms with Crippen LogP contribution in [0.5, 0.6) is 0 Å². The Balaban J connectivity index is 1.20. The van der Waals surface area contributed by atoms with Crippen LogP contribution in [0, 0.1) is 0 Å². The molecule has 0 aliphatic heterocycles. The van der Waals surface area contributed by atoms with Gasteiger partial charge in [-0.1, -0.05) is 31.0 Å². The first-order chi connectivity index (χ1) is 12.3. The van der Waals surface area contributed by atoms with Crippen molar-refractivity contribution in [2.24, 2.45) is 0 Å². The zero-order valence-corrected chi connectivity index (χ0v) is 14.9. The van der Waals surface area contributed by atoms with Crippen molar-refractivity contribution in [1.29, 1.82) is 0 Å². The summed E-state index contributed by atoms with van der Waals surface area (Å²) >= 11 is 0. The van der Waals surface area contributed by atoms with Crippen LogP contribution in [0.4, 0.5) is 0 Å². The first-order valence-corrected chi connectivity index (χ1v) is 9.90. The molecule has 25 heavy (non-hydrogen) atoms. The van der Waals surface area contributed by atoms with Crippen molar-refractivity contribution in [2.45, 2.75) is 75.9 Å². The lowest BCUT2D eigenvalue weighted by molar-refractivity contribution is -0.122. The van der Waals surface area contributed by atoms with Crippen molar-refractivity contribution in [3.63, 3.8) is 0 Å². The summed E-state index contributed by atoms with van der Waals surface area (Å²) in [4.78, 5) is 15.6. The van der Waals surface area contributed by atoms with Gasteiger partial charge in [0.15, 0.2) is 0 Å². The summed E-state index contributed by atoms with van der Waals surface area (Å²) in [6.07, 6.45) is 12.2. The highest BCUT2D eigenvalue weighted by atomic mass is 16.1. The van der Waals surface area contributed by atoms with E-state index in [-0.39, 0.29) is 5.91 Å². The van der Waals surface area contributed by atoms with Crippen LogP contribution in [0.15, 0.2) is 30.5 Å². The zero-order valence-electron chi connectivity index (χ0n) is 14.9. The second-order valence-corrected chi connectivity index (χ2v) is 7.72. The molecule has 0 unspecified atom stereocenters. The Bertz CT molecular complexity index is 717. The summed E-state index contributed by atoms with van der Waals surface area (Å²) < 4.78 is 0. The van der Waals surface area contributed by atoms with Gasteiger partial charge in [0.05, 0.1) is 0 Å². The maximum atomic E-state index is 12.3. The number of amides is 1. The van der Waals surface area contributed by atoms with Gasteiger partial charge in [-0.25, -0.2) is 0 Å². The van der Waals surface area contributed by atoms with Crippen LogP contribution in [0.3, 0.4) is 0 Å². The Morgan fingerprint density at radius 3 is 2.68 bits per heavy atom. The highest BCUT2D eigenvalue weighted by molar-refractivity contribution is 5.83. The molecule has 2 aromatic rings. The Morgan fingerprint density at radius 1 is 1.08 bits per heavy atom. The number of aryl methyl sites for hydroxylation is 1. The molecule has 1 amide bonds. The van der Waals surface area contributed by atoms with Gasteiger partial charge in [0.2, 0.25) is 5.91 Å². The van der Waals surface area contributed by atoms with E-state index in [2.05, 4.69) is 40.0 Å². The molecule has 2 aliphatic carbocycles. The molecule has 4 nitrogen and oxygen atoms in total. The second-order valence-electron chi connectivity index (χ2n) is 7.72. The van der Waals surface area contributed by atoms with Crippen molar-refractivity contribution in [3.8, 4) is 0 Å². The molecule has 2 aliphatic rings. The van der Waals surface area contributed by atoms with Crippen LogP contribution >= 0.6 is 0 Å². The van der Waals surface area contributed by atoms with E-state index in [4.69, 9.17) is 0 Å². The van der Waals surface area contributed by atoms with E-state index in [9.17, 15) is 4.79 Å². The van der Waals surface area contributed by atoms with Gasteiger partial charge in [-0.2, -0.15) is 0 Å². The zero-order chi connectivity index (χ0) is 17.1. The van der Waals surface area contributed by atoms with E-state index >= 15 is 0 Å². The molecule has 1 heterocycles. The van der Waals surface area contributed by atoms with Crippen molar-refractivity contribution < 1.29 is 4.79 Å². The third-order valence-corrected chi connectivity index (χ3v) is 5.95. The third kappa shape index (κ3) is 3.90. The lowest BCUT2D eigenvalue weighted by atomic mass is 9.85. The second kappa shape index (κ2) is 7.61. The molecular formula is C21H29N3O. The highest BCUT2D eigenvalue weighted by Gasteiger charge is 2.33. The van der Waals surface area contributed by atoms with Gasteiger partial charge in [-0.15, -0.1) is 0 Å². The van der Waals surface area contributed by atoms with Crippen molar-refractivity contribution in [1.82, 2.24) is 15.6 Å². The molecule has 2 saturated carbocycles. The van der Waals surface area contributed by atoms with Crippen LogP contribution < -0.4 is 10.6 Å². The minimum Gasteiger partial charge on any atom is -0.361 e. The molecule has 0 spiro atoms. The van der Waals surface area contributed by atoms with Crippen LogP contribution in [0.1, 0.15) is 56.9 Å². The SMILES string of the molecule is O=C(CCCc1c[nH]c2ccccc12)N[C@@H]1CC[C@@H]1NC1CCCC1. The Morgan fingerprint density at radius 2 is 1.88 bits per heavy atom. The van der Waals surface area contributed by atoms with E-state index < -0.39 is 0 Å². The number of rotatable bonds is 7. The summed E-state index contributed by atoms with van der Waals surface area (Å²) in [5, 5.41) is 8.28. The minimum absolute atomic E-state index is 0.211. The van der Waals surface area contributed by atoms with Gasteiger partial charge in [0, 0.05) is 41.6 Å². The number of nitrogens with one attached hydrogen (secondary N) is 3. The Kier molecular flexibility index (Phi) is 5.07. The number of fused-ring (bicyclic) bond motifs is 1. The van der Waals surface area contributed by atoms with Crippen molar-refractivity contribution in [3.05, 3.63) is 36.0 Å². The van der Waals surface area contributed by atoms with Crippen molar-refractivity contribution >= 4 is 16.8 Å². The minimum atomic E-state index is 0.211. The average molecular weight is 339 g/mol. The number of H-pyrrole nitrogens is 1. The Labute approximate surface area is 149 Å². The van der Waals surface area contributed by atoms with Crippen LogP contribution in [-0.4, -0.2) is 29.0 Å². The number of aromatic amines is 1. The smallest absolute Gasteiger partial charge is 0.220 e. The molecule has 0 bridgehead atoms. The predicted molar refractivity (Wildman–Crippen MR) is 102 cm³/mol.